The third-order valence-corrected chi connectivity index (χ3v) is 10.5. The molecule has 2 N–H and O–H groups in total. The molecule has 6 aromatic rings. The van der Waals surface area contributed by atoms with Crippen molar-refractivity contribution in [2.75, 3.05) is 0 Å². The zero-order valence-corrected chi connectivity index (χ0v) is 30.0. The first-order valence-corrected chi connectivity index (χ1v) is 18.6. The van der Waals surface area contributed by atoms with E-state index in [9.17, 15) is 0 Å². The van der Waals surface area contributed by atoms with Crippen molar-refractivity contribution in [1.29, 1.82) is 0 Å². The number of aromatic nitrogens is 2. The van der Waals surface area contributed by atoms with Crippen molar-refractivity contribution in [3.05, 3.63) is 225 Å². The van der Waals surface area contributed by atoms with Gasteiger partial charge in [-0.25, -0.2) is 9.98 Å². The van der Waals surface area contributed by atoms with Gasteiger partial charge >= 0.3 is 0 Å². The molecule has 3 aliphatic heterocycles. The molecular weight excluding hydrogens is 645 g/mol. The monoisotopic (exact) mass is 684 g/mol. The third kappa shape index (κ3) is 6.02. The molecule has 0 amide bonds. The Kier molecular flexibility index (Phi) is 8.49. The summed E-state index contributed by atoms with van der Waals surface area (Å²) in [7, 11) is 0. The molecule has 0 aliphatic carbocycles. The Balaban J connectivity index is 1.45. The highest BCUT2D eigenvalue weighted by Crippen LogP contribution is 2.40. The van der Waals surface area contributed by atoms with Crippen LogP contribution >= 0.6 is 0 Å². The molecule has 0 spiro atoms. The molecule has 9 rings (SSSR count). The topological polar surface area (TPSA) is 56.3 Å². The summed E-state index contributed by atoms with van der Waals surface area (Å²) in [6, 6.07) is 47.0. The summed E-state index contributed by atoms with van der Waals surface area (Å²) in [4.78, 5) is 18.7. The number of allylic oxidation sites excluding steroid dienone is 4. The molecule has 1 atom stereocenters. The lowest BCUT2D eigenvalue weighted by Crippen LogP contribution is -2.21. The minimum absolute atomic E-state index is 0.464. The first-order valence-electron chi connectivity index (χ1n) is 18.6. The van der Waals surface area contributed by atoms with Crippen molar-refractivity contribution in [3.63, 3.8) is 0 Å². The summed E-state index contributed by atoms with van der Waals surface area (Å²) < 4.78 is 0. The third-order valence-electron chi connectivity index (χ3n) is 10.5. The van der Waals surface area contributed by atoms with Gasteiger partial charge in [-0.05, 0) is 76.6 Å². The molecule has 0 saturated carbocycles. The van der Waals surface area contributed by atoms with Gasteiger partial charge in [0.2, 0.25) is 0 Å². The first kappa shape index (κ1) is 32.4. The van der Waals surface area contributed by atoms with Gasteiger partial charge in [-0.3, -0.25) is 0 Å². The van der Waals surface area contributed by atoms with Gasteiger partial charge in [0.05, 0.1) is 28.5 Å². The van der Waals surface area contributed by atoms with Crippen molar-refractivity contribution in [2.45, 2.75) is 26.7 Å². The molecule has 5 heterocycles. The standard InChI is InChI=1S/C49H40N4/c1-3-32(2)30-37-38-31-50-49(37)48(36-22-14-7-15-23-36)44-29-28-43(53-44)47(35-20-12-6-13-21-35)42-27-26-41(52-42)46(34-18-10-5-11-19-34)40-25-24-39(51-40)45(38)33-16-8-4-9-17-33/h4-29,31-32,50,52H,3,30H2,1-2H3/t32-/m0/s1. The first-order chi connectivity index (χ1) is 26.2. The predicted octanol–water partition coefficient (Wildman–Crippen LogP) is 9.58. The fraction of sp³-hybridized carbons (Fsp3) is 0.102. The molecule has 53 heavy (non-hydrogen) atoms. The lowest BCUT2D eigenvalue weighted by Gasteiger charge is -2.18. The SMILES string of the molecule is CC[C@H](C)Cc1c2c[nH]c1C(c1ccccc1)=C1C=CC(=N1)C(c1ccccc1)=c1ccc([nH]1)=C(c1ccccc1)C1=NC(=C2c2ccccc2)C=C1. The minimum Gasteiger partial charge on any atom is -0.360 e. The maximum Gasteiger partial charge on any atom is 0.0737 e. The Bertz CT molecular complexity index is 2470. The molecule has 0 unspecified atom stereocenters. The second-order valence-corrected chi connectivity index (χ2v) is 14.0. The van der Waals surface area contributed by atoms with Crippen LogP contribution in [0.1, 0.15) is 59.3 Å². The van der Waals surface area contributed by atoms with Crippen LogP contribution in [0.2, 0.25) is 0 Å². The van der Waals surface area contributed by atoms with Crippen molar-refractivity contribution in [2.24, 2.45) is 15.9 Å². The smallest absolute Gasteiger partial charge is 0.0737 e. The second kappa shape index (κ2) is 13.9. The number of aromatic amines is 2. The van der Waals surface area contributed by atoms with Gasteiger partial charge < -0.3 is 9.97 Å². The van der Waals surface area contributed by atoms with Crippen LogP contribution in [0.25, 0.3) is 22.3 Å². The summed E-state index contributed by atoms with van der Waals surface area (Å²) in [6.07, 6.45) is 12.9. The minimum atomic E-state index is 0.464. The predicted molar refractivity (Wildman–Crippen MR) is 220 cm³/mol. The zero-order valence-electron chi connectivity index (χ0n) is 30.0. The van der Waals surface area contributed by atoms with E-state index in [0.29, 0.717) is 5.92 Å². The average Bonchev–Trinajstić information content (AvgIpc) is 4.05. The van der Waals surface area contributed by atoms with E-state index in [-0.39, 0.29) is 0 Å². The zero-order chi connectivity index (χ0) is 35.7. The van der Waals surface area contributed by atoms with Gasteiger partial charge in [-0.15, -0.1) is 0 Å². The normalized spacial score (nSPS) is 15.7. The van der Waals surface area contributed by atoms with Crippen molar-refractivity contribution in [1.82, 2.24) is 9.97 Å². The summed E-state index contributed by atoms with van der Waals surface area (Å²) in [5, 5.41) is 2.00. The number of nitrogens with one attached hydrogen (secondary N) is 2. The number of hydrogen-bond donors (Lipinski definition) is 2. The Morgan fingerprint density at radius 2 is 0.943 bits per heavy atom. The van der Waals surface area contributed by atoms with Gasteiger partial charge in [0.15, 0.2) is 0 Å². The van der Waals surface area contributed by atoms with Gasteiger partial charge in [-0.2, -0.15) is 0 Å². The Morgan fingerprint density at radius 1 is 0.509 bits per heavy atom. The van der Waals surface area contributed by atoms with Gasteiger partial charge in [0, 0.05) is 44.8 Å². The lowest BCUT2D eigenvalue weighted by molar-refractivity contribution is 0.559. The Morgan fingerprint density at radius 3 is 1.42 bits per heavy atom. The fourth-order valence-corrected chi connectivity index (χ4v) is 7.74. The van der Waals surface area contributed by atoms with Gasteiger partial charge in [0.25, 0.3) is 0 Å². The van der Waals surface area contributed by atoms with Gasteiger partial charge in [0.1, 0.15) is 0 Å². The highest BCUT2D eigenvalue weighted by Gasteiger charge is 2.27. The summed E-state index contributed by atoms with van der Waals surface area (Å²) in [5.74, 6) is 0.464. The number of fused-ring (bicyclic) bond motifs is 6. The highest BCUT2D eigenvalue weighted by molar-refractivity contribution is 6.31. The van der Waals surface area contributed by atoms with Crippen molar-refractivity contribution in [3.8, 4) is 0 Å². The van der Waals surface area contributed by atoms with Gasteiger partial charge in [-0.1, -0.05) is 142 Å². The maximum absolute atomic E-state index is 5.49. The van der Waals surface area contributed by atoms with Crippen LogP contribution in [0.5, 0.6) is 0 Å². The molecule has 3 aliphatic rings. The Hall–Kier alpha value is -6.52. The largest absolute Gasteiger partial charge is 0.360 e. The number of hydrogen-bond acceptors (Lipinski definition) is 2. The fourth-order valence-electron chi connectivity index (χ4n) is 7.74. The maximum atomic E-state index is 5.49. The van der Waals surface area contributed by atoms with E-state index in [4.69, 9.17) is 9.98 Å². The molecule has 0 radical (unpaired) electrons. The molecule has 4 aromatic carbocycles. The number of nitrogens with zero attached hydrogens (tertiary/aromatic N) is 2. The summed E-state index contributed by atoms with van der Waals surface area (Å²) in [5.41, 5.74) is 16.1. The number of H-pyrrole nitrogens is 2. The Labute approximate surface area is 310 Å². The van der Waals surface area contributed by atoms with E-state index in [2.05, 4.69) is 188 Å². The molecule has 256 valence electrons. The quantitative estimate of drug-likeness (QED) is 0.168. The van der Waals surface area contributed by atoms with Crippen LogP contribution in [0.15, 0.2) is 185 Å². The van der Waals surface area contributed by atoms with E-state index < -0.39 is 0 Å². The average molecular weight is 685 g/mol. The van der Waals surface area contributed by atoms with E-state index in [0.717, 1.165) is 96.6 Å². The lowest BCUT2D eigenvalue weighted by atomic mass is 9.87. The second-order valence-electron chi connectivity index (χ2n) is 14.0. The molecule has 0 saturated heterocycles. The van der Waals surface area contributed by atoms with E-state index in [1.54, 1.807) is 0 Å². The van der Waals surface area contributed by atoms with Crippen molar-refractivity contribution < 1.29 is 0 Å². The van der Waals surface area contributed by atoms with Crippen LogP contribution in [-0.2, 0) is 6.42 Å². The van der Waals surface area contributed by atoms with Crippen LogP contribution < -0.4 is 10.7 Å². The summed E-state index contributed by atoms with van der Waals surface area (Å²) >= 11 is 0. The van der Waals surface area contributed by atoms with E-state index in [1.807, 2.05) is 0 Å². The molecule has 4 nitrogen and oxygen atoms in total. The van der Waals surface area contributed by atoms with E-state index >= 15 is 0 Å². The molecular formula is C49H40N4. The van der Waals surface area contributed by atoms with Crippen LogP contribution in [0.4, 0.5) is 0 Å². The van der Waals surface area contributed by atoms with Crippen LogP contribution in [0, 0.1) is 5.92 Å². The molecule has 8 bridgehead atoms. The molecule has 4 heteroatoms. The molecule has 2 aromatic heterocycles. The highest BCUT2D eigenvalue weighted by atomic mass is 14.8. The summed E-state index contributed by atoms with van der Waals surface area (Å²) in [6.45, 7) is 4.63. The van der Waals surface area contributed by atoms with Crippen LogP contribution in [0.3, 0.4) is 0 Å². The van der Waals surface area contributed by atoms with E-state index in [1.165, 1.54) is 11.1 Å². The number of rotatable bonds is 7. The molecule has 0 fully saturated rings. The van der Waals surface area contributed by atoms with Crippen molar-refractivity contribution >= 4 is 33.7 Å². The number of benzene rings is 4. The number of aliphatic imine (C=N–C) groups is 2. The van der Waals surface area contributed by atoms with Crippen LogP contribution in [-0.4, -0.2) is 21.4 Å².